The molecule has 1 N–H and O–H groups in total. The van der Waals surface area contributed by atoms with Crippen molar-refractivity contribution in [2.75, 3.05) is 13.1 Å². The number of hydrogen-bond acceptors (Lipinski definition) is 3. The predicted octanol–water partition coefficient (Wildman–Crippen LogP) is 3.93. The summed E-state index contributed by atoms with van der Waals surface area (Å²) < 4.78 is 5.18. The molecule has 1 fully saturated rings. The summed E-state index contributed by atoms with van der Waals surface area (Å²) in [7, 11) is 0. The molecule has 28 heavy (non-hydrogen) atoms. The van der Waals surface area contributed by atoms with E-state index in [-0.39, 0.29) is 23.3 Å². The maximum atomic E-state index is 12.3. The van der Waals surface area contributed by atoms with Crippen LogP contribution in [0.15, 0.2) is 47.1 Å². The first-order chi connectivity index (χ1) is 13.3. The number of amides is 2. The molecule has 3 rings (SSSR count). The van der Waals surface area contributed by atoms with Crippen LogP contribution in [0, 0.1) is 0 Å². The summed E-state index contributed by atoms with van der Waals surface area (Å²) in [5, 5.41) is 3.12. The van der Waals surface area contributed by atoms with E-state index in [1.165, 1.54) is 17.4 Å². The van der Waals surface area contributed by atoms with E-state index in [4.69, 9.17) is 4.42 Å². The zero-order chi connectivity index (χ0) is 20.1. The van der Waals surface area contributed by atoms with Crippen molar-refractivity contribution in [1.82, 2.24) is 10.2 Å². The monoisotopic (exact) mass is 382 g/mol. The number of furan rings is 1. The second kappa shape index (κ2) is 8.63. The number of nitrogens with one attached hydrogen (secondary N) is 1. The lowest BCUT2D eigenvalue weighted by Gasteiger charge is -2.31. The molecule has 1 aliphatic heterocycles. The maximum absolute atomic E-state index is 12.3. The van der Waals surface area contributed by atoms with Crippen molar-refractivity contribution >= 4 is 11.8 Å². The molecule has 0 radical (unpaired) electrons. The molecule has 0 saturated carbocycles. The van der Waals surface area contributed by atoms with E-state index in [0.717, 1.165) is 19.3 Å². The minimum atomic E-state index is -0.0755. The Labute approximate surface area is 167 Å². The Bertz CT molecular complexity index is 780. The number of benzene rings is 1. The Morgan fingerprint density at radius 3 is 2.36 bits per heavy atom. The molecule has 0 atom stereocenters. The fourth-order valence-corrected chi connectivity index (χ4v) is 3.51. The third kappa shape index (κ3) is 5.24. The van der Waals surface area contributed by atoms with Gasteiger partial charge in [0.05, 0.1) is 6.26 Å². The standard InChI is InChI=1S/C23H30N2O3/c1-23(2,3)18-9-6-17(7-10-18)8-11-21(26)24-19-12-14-25(15-13-19)22(27)20-5-4-16-28-20/h4-7,9-10,16,19H,8,11-15H2,1-3H3,(H,24,26). The number of hydrogen-bond donors (Lipinski definition) is 1. The summed E-state index contributed by atoms with van der Waals surface area (Å²) in [6.45, 7) is 7.87. The van der Waals surface area contributed by atoms with E-state index >= 15 is 0 Å². The number of aryl methyl sites for hydroxylation is 1. The lowest BCUT2D eigenvalue weighted by atomic mass is 9.86. The minimum Gasteiger partial charge on any atom is -0.459 e. The normalized spacial score (nSPS) is 15.5. The molecule has 0 unspecified atom stereocenters. The number of nitrogens with zero attached hydrogens (tertiary/aromatic N) is 1. The Kier molecular flexibility index (Phi) is 6.22. The van der Waals surface area contributed by atoms with Gasteiger partial charge in [-0.3, -0.25) is 9.59 Å². The van der Waals surface area contributed by atoms with Gasteiger partial charge >= 0.3 is 0 Å². The van der Waals surface area contributed by atoms with E-state index < -0.39 is 0 Å². The molecule has 0 bridgehead atoms. The predicted molar refractivity (Wildman–Crippen MR) is 109 cm³/mol. The van der Waals surface area contributed by atoms with Crippen molar-refractivity contribution in [2.24, 2.45) is 0 Å². The Balaban J connectivity index is 1.40. The van der Waals surface area contributed by atoms with Gasteiger partial charge in [-0.15, -0.1) is 0 Å². The van der Waals surface area contributed by atoms with Gasteiger partial charge in [0, 0.05) is 25.6 Å². The van der Waals surface area contributed by atoms with Crippen LogP contribution in [0.5, 0.6) is 0 Å². The lowest BCUT2D eigenvalue weighted by molar-refractivity contribution is -0.122. The topological polar surface area (TPSA) is 62.6 Å². The SMILES string of the molecule is CC(C)(C)c1ccc(CCC(=O)NC2CCN(C(=O)c3ccco3)CC2)cc1. The molecule has 2 aromatic rings. The van der Waals surface area contributed by atoms with Crippen molar-refractivity contribution in [2.45, 2.75) is 57.9 Å². The maximum Gasteiger partial charge on any atom is 0.289 e. The molecule has 1 aliphatic rings. The molecule has 5 nitrogen and oxygen atoms in total. The highest BCUT2D eigenvalue weighted by atomic mass is 16.3. The summed E-state index contributed by atoms with van der Waals surface area (Å²) in [6.07, 6.45) is 4.29. The van der Waals surface area contributed by atoms with Gasteiger partial charge in [0.25, 0.3) is 5.91 Å². The van der Waals surface area contributed by atoms with E-state index in [2.05, 4.69) is 50.4 Å². The summed E-state index contributed by atoms with van der Waals surface area (Å²) in [4.78, 5) is 26.4. The van der Waals surface area contributed by atoms with Crippen LogP contribution in [0.4, 0.5) is 0 Å². The zero-order valence-electron chi connectivity index (χ0n) is 17.0. The average Bonchev–Trinajstić information content (AvgIpc) is 3.21. The van der Waals surface area contributed by atoms with Gasteiger partial charge in [0.1, 0.15) is 0 Å². The quantitative estimate of drug-likeness (QED) is 0.852. The fourth-order valence-electron chi connectivity index (χ4n) is 3.51. The highest BCUT2D eigenvalue weighted by Gasteiger charge is 2.25. The Morgan fingerprint density at radius 1 is 1.11 bits per heavy atom. The van der Waals surface area contributed by atoms with Crippen molar-refractivity contribution in [1.29, 1.82) is 0 Å². The molecule has 1 saturated heterocycles. The van der Waals surface area contributed by atoms with Crippen LogP contribution < -0.4 is 5.32 Å². The second-order valence-corrected chi connectivity index (χ2v) is 8.56. The first kappa shape index (κ1) is 20.2. The van der Waals surface area contributed by atoms with Crippen LogP contribution in [0.3, 0.4) is 0 Å². The molecular weight excluding hydrogens is 352 g/mol. The van der Waals surface area contributed by atoms with Crippen LogP contribution in [-0.4, -0.2) is 35.8 Å². The van der Waals surface area contributed by atoms with Crippen molar-refractivity contribution in [3.63, 3.8) is 0 Å². The van der Waals surface area contributed by atoms with Gasteiger partial charge in [0.15, 0.2) is 5.76 Å². The van der Waals surface area contributed by atoms with Crippen LogP contribution in [0.1, 0.15) is 61.7 Å². The largest absolute Gasteiger partial charge is 0.459 e. The number of likely N-dealkylation sites (tertiary alicyclic amines) is 1. The van der Waals surface area contributed by atoms with Gasteiger partial charge in [0.2, 0.25) is 5.91 Å². The molecule has 1 aromatic heterocycles. The minimum absolute atomic E-state index is 0.0755. The number of piperidine rings is 1. The van der Waals surface area contributed by atoms with Crippen molar-refractivity contribution in [3.8, 4) is 0 Å². The van der Waals surface area contributed by atoms with Crippen molar-refractivity contribution in [3.05, 3.63) is 59.5 Å². The van der Waals surface area contributed by atoms with Crippen LogP contribution in [-0.2, 0) is 16.6 Å². The highest BCUT2D eigenvalue weighted by molar-refractivity contribution is 5.91. The molecule has 150 valence electrons. The number of carbonyl (C=O) groups is 2. The second-order valence-electron chi connectivity index (χ2n) is 8.56. The first-order valence-corrected chi connectivity index (χ1v) is 10.0. The summed E-state index contributed by atoms with van der Waals surface area (Å²) >= 11 is 0. The Hall–Kier alpha value is -2.56. The van der Waals surface area contributed by atoms with Gasteiger partial charge < -0.3 is 14.6 Å². The van der Waals surface area contributed by atoms with Crippen molar-refractivity contribution < 1.29 is 14.0 Å². The third-order valence-electron chi connectivity index (χ3n) is 5.34. The van der Waals surface area contributed by atoms with Crippen LogP contribution in [0.25, 0.3) is 0 Å². The highest BCUT2D eigenvalue weighted by Crippen LogP contribution is 2.22. The van der Waals surface area contributed by atoms with E-state index in [9.17, 15) is 9.59 Å². The summed E-state index contributed by atoms with van der Waals surface area (Å²) in [5.74, 6) is 0.379. The molecule has 2 amide bonds. The van der Waals surface area contributed by atoms with Crippen LogP contribution in [0.2, 0.25) is 0 Å². The van der Waals surface area contributed by atoms with Gasteiger partial charge in [-0.25, -0.2) is 0 Å². The third-order valence-corrected chi connectivity index (χ3v) is 5.34. The molecular formula is C23H30N2O3. The van der Waals surface area contributed by atoms with E-state index in [1.807, 2.05) is 0 Å². The summed E-state index contributed by atoms with van der Waals surface area (Å²) in [6, 6.07) is 12.1. The summed E-state index contributed by atoms with van der Waals surface area (Å²) in [5.41, 5.74) is 2.63. The first-order valence-electron chi connectivity index (χ1n) is 10.0. The molecule has 0 spiro atoms. The van der Waals surface area contributed by atoms with Gasteiger partial charge in [-0.05, 0) is 47.9 Å². The van der Waals surface area contributed by atoms with Gasteiger partial charge in [-0.1, -0.05) is 45.0 Å². The van der Waals surface area contributed by atoms with Crippen LogP contribution >= 0.6 is 0 Å². The molecule has 5 heteroatoms. The number of carbonyl (C=O) groups excluding carboxylic acids is 2. The fraction of sp³-hybridized carbons (Fsp3) is 0.478. The molecule has 0 aliphatic carbocycles. The smallest absolute Gasteiger partial charge is 0.289 e. The number of rotatable bonds is 5. The van der Waals surface area contributed by atoms with E-state index in [1.54, 1.807) is 17.0 Å². The Morgan fingerprint density at radius 2 is 1.79 bits per heavy atom. The van der Waals surface area contributed by atoms with Gasteiger partial charge in [-0.2, -0.15) is 0 Å². The lowest BCUT2D eigenvalue weighted by Crippen LogP contribution is -2.46. The molecule has 1 aromatic carbocycles. The van der Waals surface area contributed by atoms with E-state index in [0.29, 0.717) is 25.3 Å². The molecule has 2 heterocycles. The average molecular weight is 383 g/mol. The zero-order valence-corrected chi connectivity index (χ0v) is 17.0.